The van der Waals surface area contributed by atoms with Crippen LogP contribution in [0.2, 0.25) is 0 Å². The maximum absolute atomic E-state index is 13.9. The van der Waals surface area contributed by atoms with Crippen molar-refractivity contribution in [1.82, 2.24) is 5.32 Å². The third-order valence-corrected chi connectivity index (χ3v) is 3.76. The Morgan fingerprint density at radius 1 is 1.10 bits per heavy atom. The lowest BCUT2D eigenvalue weighted by atomic mass is 9.98. The highest BCUT2D eigenvalue weighted by atomic mass is 79.9. The zero-order chi connectivity index (χ0) is 14.5. The molecule has 1 unspecified atom stereocenters. The van der Waals surface area contributed by atoms with Gasteiger partial charge in [0.1, 0.15) is 11.6 Å². The van der Waals surface area contributed by atoms with Crippen LogP contribution in [-0.2, 0) is 6.42 Å². The maximum atomic E-state index is 13.9. The molecule has 0 radical (unpaired) electrons. The fourth-order valence-electron chi connectivity index (χ4n) is 2.20. The van der Waals surface area contributed by atoms with Crippen LogP contribution in [0.3, 0.4) is 0 Å². The van der Waals surface area contributed by atoms with Gasteiger partial charge in [-0.25, -0.2) is 8.78 Å². The second-order valence-electron chi connectivity index (χ2n) is 4.58. The van der Waals surface area contributed by atoms with Crippen molar-refractivity contribution in [3.8, 4) is 0 Å². The van der Waals surface area contributed by atoms with Gasteiger partial charge in [-0.05, 0) is 52.7 Å². The molecule has 0 heterocycles. The van der Waals surface area contributed by atoms with Gasteiger partial charge < -0.3 is 5.32 Å². The lowest BCUT2D eigenvalue weighted by molar-refractivity contribution is 0.509. The minimum atomic E-state index is -0.292. The zero-order valence-electron chi connectivity index (χ0n) is 11.2. The van der Waals surface area contributed by atoms with E-state index in [0.717, 1.165) is 12.1 Å². The van der Waals surface area contributed by atoms with Crippen LogP contribution < -0.4 is 5.32 Å². The van der Waals surface area contributed by atoms with Crippen LogP contribution in [0.5, 0.6) is 0 Å². The summed E-state index contributed by atoms with van der Waals surface area (Å²) in [4.78, 5) is 0. The number of likely N-dealkylation sites (N-methyl/N-ethyl adjacent to an activating group) is 1. The topological polar surface area (TPSA) is 12.0 Å². The molecular formula is C16H16BrF2N. The van der Waals surface area contributed by atoms with E-state index in [2.05, 4.69) is 21.2 Å². The molecule has 0 aliphatic carbocycles. The van der Waals surface area contributed by atoms with E-state index in [1.807, 2.05) is 13.0 Å². The highest BCUT2D eigenvalue weighted by molar-refractivity contribution is 9.10. The van der Waals surface area contributed by atoms with Crippen molar-refractivity contribution in [1.29, 1.82) is 0 Å². The van der Waals surface area contributed by atoms with Gasteiger partial charge in [-0.2, -0.15) is 0 Å². The van der Waals surface area contributed by atoms with E-state index >= 15 is 0 Å². The maximum Gasteiger partial charge on any atom is 0.137 e. The molecule has 2 aromatic rings. The molecule has 0 aromatic heterocycles. The van der Waals surface area contributed by atoms with Gasteiger partial charge >= 0.3 is 0 Å². The summed E-state index contributed by atoms with van der Waals surface area (Å²) in [5.41, 5.74) is 1.59. The summed E-state index contributed by atoms with van der Waals surface area (Å²) in [6.45, 7) is 2.72. The second-order valence-corrected chi connectivity index (χ2v) is 5.44. The number of nitrogens with one attached hydrogen (secondary N) is 1. The van der Waals surface area contributed by atoms with Gasteiger partial charge in [0.15, 0.2) is 0 Å². The molecule has 2 rings (SSSR count). The normalized spacial score (nSPS) is 12.4. The summed E-state index contributed by atoms with van der Waals surface area (Å²) in [5.74, 6) is -0.515. The standard InChI is InChI=1S/C16H16BrF2N/c1-2-20-16(12-5-3-4-6-14(12)18)10-11-7-8-15(19)13(17)9-11/h3-9,16,20H,2,10H2,1H3. The molecular weight excluding hydrogens is 324 g/mol. The Balaban J connectivity index is 2.25. The second kappa shape index (κ2) is 6.95. The highest BCUT2D eigenvalue weighted by Gasteiger charge is 2.15. The van der Waals surface area contributed by atoms with Crippen LogP contribution in [0.4, 0.5) is 8.78 Å². The average Bonchev–Trinajstić information content (AvgIpc) is 2.43. The molecule has 0 saturated carbocycles. The summed E-state index contributed by atoms with van der Waals surface area (Å²) in [5, 5.41) is 3.27. The average molecular weight is 340 g/mol. The Labute approximate surface area is 126 Å². The fourth-order valence-corrected chi connectivity index (χ4v) is 2.62. The molecule has 0 bridgehead atoms. The van der Waals surface area contributed by atoms with Gasteiger partial charge in [0.2, 0.25) is 0 Å². The zero-order valence-corrected chi connectivity index (χ0v) is 12.8. The van der Waals surface area contributed by atoms with Crippen molar-refractivity contribution in [2.75, 3.05) is 6.54 Å². The Morgan fingerprint density at radius 2 is 1.85 bits per heavy atom. The SMILES string of the molecule is CCNC(Cc1ccc(F)c(Br)c1)c1ccccc1F. The molecule has 4 heteroatoms. The lowest BCUT2D eigenvalue weighted by Gasteiger charge is -2.19. The van der Waals surface area contributed by atoms with Crippen molar-refractivity contribution < 1.29 is 8.78 Å². The summed E-state index contributed by atoms with van der Waals surface area (Å²) in [6, 6.07) is 11.5. The van der Waals surface area contributed by atoms with Gasteiger partial charge in [-0.3, -0.25) is 0 Å². The number of hydrogen-bond acceptors (Lipinski definition) is 1. The third kappa shape index (κ3) is 3.64. The molecule has 0 amide bonds. The van der Waals surface area contributed by atoms with Crippen LogP contribution in [0.1, 0.15) is 24.1 Å². The molecule has 1 atom stereocenters. The molecule has 0 aliphatic rings. The molecule has 0 aliphatic heterocycles. The van der Waals surface area contributed by atoms with Crippen LogP contribution in [0.25, 0.3) is 0 Å². The van der Waals surface area contributed by atoms with E-state index < -0.39 is 0 Å². The molecule has 0 saturated heterocycles. The minimum Gasteiger partial charge on any atom is -0.310 e. The fraction of sp³-hybridized carbons (Fsp3) is 0.250. The molecule has 0 fully saturated rings. The number of hydrogen-bond donors (Lipinski definition) is 1. The predicted octanol–water partition coefficient (Wildman–Crippen LogP) is 4.62. The summed E-state index contributed by atoms with van der Waals surface area (Å²) < 4.78 is 27.6. The first-order chi connectivity index (χ1) is 9.61. The first kappa shape index (κ1) is 15.1. The van der Waals surface area contributed by atoms with Crippen LogP contribution >= 0.6 is 15.9 Å². The van der Waals surface area contributed by atoms with Crippen LogP contribution in [0.15, 0.2) is 46.9 Å². The molecule has 1 nitrogen and oxygen atoms in total. The monoisotopic (exact) mass is 339 g/mol. The van der Waals surface area contributed by atoms with Crippen molar-refractivity contribution in [3.05, 3.63) is 69.7 Å². The Morgan fingerprint density at radius 3 is 2.50 bits per heavy atom. The highest BCUT2D eigenvalue weighted by Crippen LogP contribution is 2.24. The van der Waals surface area contributed by atoms with E-state index in [4.69, 9.17) is 0 Å². The van der Waals surface area contributed by atoms with E-state index in [0.29, 0.717) is 16.5 Å². The minimum absolute atomic E-state index is 0.126. The first-order valence-corrected chi connectivity index (χ1v) is 7.33. The summed E-state index contributed by atoms with van der Waals surface area (Å²) >= 11 is 3.18. The van der Waals surface area contributed by atoms with Crippen molar-refractivity contribution in [2.45, 2.75) is 19.4 Å². The van der Waals surface area contributed by atoms with Gasteiger partial charge in [0, 0.05) is 11.6 Å². The quantitative estimate of drug-likeness (QED) is 0.837. The molecule has 106 valence electrons. The molecule has 20 heavy (non-hydrogen) atoms. The number of benzene rings is 2. The van der Waals surface area contributed by atoms with E-state index in [1.54, 1.807) is 24.3 Å². The third-order valence-electron chi connectivity index (χ3n) is 3.16. The smallest absolute Gasteiger partial charge is 0.137 e. The summed E-state index contributed by atoms with van der Waals surface area (Å²) in [7, 11) is 0. The Hall–Kier alpha value is -1.26. The van der Waals surface area contributed by atoms with Gasteiger partial charge in [-0.1, -0.05) is 31.2 Å². The van der Waals surface area contributed by atoms with Gasteiger partial charge in [0.25, 0.3) is 0 Å². The predicted molar refractivity (Wildman–Crippen MR) is 80.6 cm³/mol. The van der Waals surface area contributed by atoms with E-state index in [9.17, 15) is 8.78 Å². The Bertz CT molecular complexity index is 586. The van der Waals surface area contributed by atoms with Gasteiger partial charge in [0.05, 0.1) is 4.47 Å². The van der Waals surface area contributed by atoms with Crippen LogP contribution in [-0.4, -0.2) is 6.54 Å². The number of rotatable bonds is 5. The van der Waals surface area contributed by atoms with Crippen LogP contribution in [0, 0.1) is 11.6 Å². The number of halogens is 3. The van der Waals surface area contributed by atoms with E-state index in [-0.39, 0.29) is 17.7 Å². The summed E-state index contributed by atoms with van der Waals surface area (Å²) in [6.07, 6.45) is 0.605. The lowest BCUT2D eigenvalue weighted by Crippen LogP contribution is -2.24. The molecule has 0 spiro atoms. The van der Waals surface area contributed by atoms with Crippen molar-refractivity contribution in [3.63, 3.8) is 0 Å². The molecule has 1 N–H and O–H groups in total. The first-order valence-electron chi connectivity index (χ1n) is 6.53. The van der Waals surface area contributed by atoms with Gasteiger partial charge in [-0.15, -0.1) is 0 Å². The van der Waals surface area contributed by atoms with E-state index in [1.165, 1.54) is 12.1 Å². The van der Waals surface area contributed by atoms with Crippen molar-refractivity contribution >= 4 is 15.9 Å². The largest absolute Gasteiger partial charge is 0.310 e. The molecule has 2 aromatic carbocycles. The Kier molecular flexibility index (Phi) is 5.26. The van der Waals surface area contributed by atoms with Crippen molar-refractivity contribution in [2.24, 2.45) is 0 Å².